The topological polar surface area (TPSA) is 63.4 Å². The molecule has 0 spiro atoms. The van der Waals surface area contributed by atoms with E-state index in [2.05, 4.69) is 0 Å². The summed E-state index contributed by atoms with van der Waals surface area (Å²) in [5.41, 5.74) is 5.26. The molecule has 0 radical (unpaired) electrons. The van der Waals surface area contributed by atoms with Gasteiger partial charge in [-0.15, -0.1) is 12.4 Å². The highest BCUT2D eigenvalue weighted by molar-refractivity contribution is 7.89. The van der Waals surface area contributed by atoms with Crippen molar-refractivity contribution in [2.24, 2.45) is 5.73 Å². The van der Waals surface area contributed by atoms with Gasteiger partial charge in [0.2, 0.25) is 10.0 Å². The number of halogens is 2. The predicted molar refractivity (Wildman–Crippen MR) is 62.5 cm³/mol. The second-order valence-electron chi connectivity index (χ2n) is 3.07. The van der Waals surface area contributed by atoms with Crippen LogP contribution in [0.2, 0.25) is 0 Å². The zero-order valence-corrected chi connectivity index (χ0v) is 10.4. The van der Waals surface area contributed by atoms with Gasteiger partial charge in [0.15, 0.2) is 0 Å². The highest BCUT2D eigenvalue weighted by atomic mass is 35.5. The van der Waals surface area contributed by atoms with E-state index >= 15 is 0 Å². The van der Waals surface area contributed by atoms with Gasteiger partial charge in [0.25, 0.3) is 0 Å². The van der Waals surface area contributed by atoms with Crippen LogP contribution in [0.5, 0.6) is 0 Å². The van der Waals surface area contributed by atoms with Crippen LogP contribution in [0.4, 0.5) is 4.39 Å². The Morgan fingerprint density at radius 2 is 1.81 bits per heavy atom. The Morgan fingerprint density at radius 1 is 1.31 bits per heavy atom. The Hall–Kier alpha value is -0.690. The number of sulfonamides is 1. The number of rotatable bonds is 4. The lowest BCUT2D eigenvalue weighted by molar-refractivity contribution is 0.476. The van der Waals surface area contributed by atoms with E-state index in [0.29, 0.717) is 0 Å². The fourth-order valence-corrected chi connectivity index (χ4v) is 2.27. The maximum Gasteiger partial charge on any atom is 0.242 e. The summed E-state index contributed by atoms with van der Waals surface area (Å²) < 4.78 is 37.3. The fourth-order valence-electron chi connectivity index (χ4n) is 1.09. The fraction of sp³-hybridized carbons (Fsp3) is 0.333. The van der Waals surface area contributed by atoms with Crippen LogP contribution in [-0.4, -0.2) is 32.9 Å². The van der Waals surface area contributed by atoms with Gasteiger partial charge < -0.3 is 5.73 Å². The Morgan fingerprint density at radius 3 is 2.25 bits per heavy atom. The average molecular weight is 269 g/mol. The second kappa shape index (κ2) is 6.15. The van der Waals surface area contributed by atoms with Gasteiger partial charge in [0.1, 0.15) is 5.82 Å². The van der Waals surface area contributed by atoms with Gasteiger partial charge in [-0.3, -0.25) is 0 Å². The van der Waals surface area contributed by atoms with Gasteiger partial charge in [-0.05, 0) is 24.3 Å². The average Bonchev–Trinajstić information content (AvgIpc) is 2.18. The van der Waals surface area contributed by atoms with Crippen LogP contribution in [0.15, 0.2) is 29.2 Å². The zero-order valence-electron chi connectivity index (χ0n) is 8.76. The minimum atomic E-state index is -3.53. The van der Waals surface area contributed by atoms with Crippen LogP contribution in [0.1, 0.15) is 0 Å². The van der Waals surface area contributed by atoms with Crippen LogP contribution >= 0.6 is 12.4 Å². The highest BCUT2D eigenvalue weighted by Crippen LogP contribution is 2.13. The Labute approximate surface area is 101 Å². The van der Waals surface area contributed by atoms with Crippen molar-refractivity contribution in [1.82, 2.24) is 4.31 Å². The number of hydrogen-bond donors (Lipinski definition) is 1. The molecule has 92 valence electrons. The Kier molecular flexibility index (Phi) is 5.88. The molecule has 0 atom stereocenters. The lowest BCUT2D eigenvalue weighted by atomic mass is 10.4. The first-order valence-electron chi connectivity index (χ1n) is 4.40. The van der Waals surface area contributed by atoms with E-state index in [1.54, 1.807) is 0 Å². The standard InChI is InChI=1S/C9H13FN2O2S.ClH/c1-12(7-6-11)15(13,14)9-4-2-8(10)3-5-9;/h2-5H,6-7,11H2,1H3;1H. The third kappa shape index (κ3) is 3.41. The van der Waals surface area contributed by atoms with Gasteiger partial charge in [0, 0.05) is 20.1 Å². The van der Waals surface area contributed by atoms with Crippen molar-refractivity contribution in [3.05, 3.63) is 30.1 Å². The molecular formula is C9H14ClFN2O2S. The van der Waals surface area contributed by atoms with Crippen LogP contribution in [-0.2, 0) is 10.0 Å². The lowest BCUT2D eigenvalue weighted by Crippen LogP contribution is -2.31. The van der Waals surface area contributed by atoms with E-state index in [0.717, 1.165) is 16.4 Å². The molecule has 0 aliphatic heterocycles. The van der Waals surface area contributed by atoms with E-state index < -0.39 is 15.8 Å². The first kappa shape index (κ1) is 15.3. The molecule has 0 unspecified atom stereocenters. The summed E-state index contributed by atoms with van der Waals surface area (Å²) in [6, 6.07) is 4.70. The molecule has 0 saturated carbocycles. The third-order valence-corrected chi connectivity index (χ3v) is 3.84. The van der Waals surface area contributed by atoms with Crippen molar-refractivity contribution in [3.63, 3.8) is 0 Å². The van der Waals surface area contributed by atoms with Crippen molar-refractivity contribution in [2.45, 2.75) is 4.90 Å². The molecule has 4 nitrogen and oxygen atoms in total. The summed E-state index contributed by atoms with van der Waals surface area (Å²) in [7, 11) is -2.10. The van der Waals surface area contributed by atoms with Crippen LogP contribution in [0, 0.1) is 5.82 Å². The minimum Gasteiger partial charge on any atom is -0.329 e. The molecule has 0 aromatic heterocycles. The van der Waals surface area contributed by atoms with Gasteiger partial charge in [-0.1, -0.05) is 0 Å². The zero-order chi connectivity index (χ0) is 11.5. The summed E-state index contributed by atoms with van der Waals surface area (Å²) in [5, 5.41) is 0. The van der Waals surface area contributed by atoms with Gasteiger partial charge in [-0.25, -0.2) is 12.8 Å². The Balaban J connectivity index is 0.00000225. The van der Waals surface area contributed by atoms with E-state index in [1.807, 2.05) is 0 Å². The Bertz CT molecular complexity index is 422. The van der Waals surface area contributed by atoms with E-state index in [9.17, 15) is 12.8 Å². The van der Waals surface area contributed by atoms with Crippen LogP contribution in [0.25, 0.3) is 0 Å². The summed E-state index contributed by atoms with van der Waals surface area (Å²) >= 11 is 0. The van der Waals surface area contributed by atoms with Gasteiger partial charge in [0.05, 0.1) is 4.90 Å². The van der Waals surface area contributed by atoms with Crippen molar-refractivity contribution in [3.8, 4) is 0 Å². The summed E-state index contributed by atoms with van der Waals surface area (Å²) in [6.07, 6.45) is 0. The molecule has 0 heterocycles. The number of nitrogens with two attached hydrogens (primary N) is 1. The monoisotopic (exact) mass is 268 g/mol. The molecule has 0 aliphatic carbocycles. The molecule has 0 aliphatic rings. The molecule has 0 amide bonds. The molecule has 1 aromatic rings. The van der Waals surface area contributed by atoms with Crippen molar-refractivity contribution in [1.29, 1.82) is 0 Å². The maximum atomic E-state index is 12.6. The molecule has 1 aromatic carbocycles. The van der Waals surface area contributed by atoms with Crippen molar-refractivity contribution < 1.29 is 12.8 Å². The molecule has 0 bridgehead atoms. The van der Waals surface area contributed by atoms with Crippen LogP contribution in [0.3, 0.4) is 0 Å². The highest BCUT2D eigenvalue weighted by Gasteiger charge is 2.19. The van der Waals surface area contributed by atoms with Crippen molar-refractivity contribution >= 4 is 22.4 Å². The SMILES string of the molecule is CN(CCN)S(=O)(=O)c1ccc(F)cc1.Cl. The summed E-state index contributed by atoms with van der Waals surface area (Å²) in [5.74, 6) is -0.463. The normalized spacial score (nSPS) is 11.2. The number of nitrogens with zero attached hydrogens (tertiary/aromatic N) is 1. The first-order chi connectivity index (χ1) is 6.98. The lowest BCUT2D eigenvalue weighted by Gasteiger charge is -2.15. The van der Waals surface area contributed by atoms with Gasteiger partial charge in [-0.2, -0.15) is 4.31 Å². The molecule has 16 heavy (non-hydrogen) atoms. The molecule has 0 fully saturated rings. The molecule has 2 N–H and O–H groups in total. The smallest absolute Gasteiger partial charge is 0.242 e. The maximum absolute atomic E-state index is 12.6. The molecule has 0 saturated heterocycles. The largest absolute Gasteiger partial charge is 0.329 e. The second-order valence-corrected chi connectivity index (χ2v) is 5.11. The number of benzene rings is 1. The molecule has 7 heteroatoms. The van der Waals surface area contributed by atoms with E-state index in [4.69, 9.17) is 5.73 Å². The summed E-state index contributed by atoms with van der Waals surface area (Å²) in [4.78, 5) is 0.0693. The first-order valence-corrected chi connectivity index (χ1v) is 5.84. The van der Waals surface area contributed by atoms with Crippen molar-refractivity contribution in [2.75, 3.05) is 20.1 Å². The quantitative estimate of drug-likeness (QED) is 0.880. The summed E-state index contributed by atoms with van der Waals surface area (Å²) in [6.45, 7) is 0.483. The van der Waals surface area contributed by atoms with Gasteiger partial charge >= 0.3 is 0 Å². The van der Waals surface area contributed by atoms with E-state index in [-0.39, 0.29) is 30.4 Å². The minimum absolute atomic E-state index is 0. The molecule has 1 rings (SSSR count). The van der Waals surface area contributed by atoms with E-state index in [1.165, 1.54) is 19.2 Å². The predicted octanol–water partition coefficient (Wildman–Crippen LogP) is 0.827. The van der Waals surface area contributed by atoms with Crippen LogP contribution < -0.4 is 5.73 Å². The molecular weight excluding hydrogens is 255 g/mol. The number of hydrogen-bond acceptors (Lipinski definition) is 3. The third-order valence-electron chi connectivity index (χ3n) is 1.97. The number of likely N-dealkylation sites (N-methyl/N-ethyl adjacent to an activating group) is 1.